The molecule has 0 aliphatic carbocycles. The number of nitro benzene ring substituents is 1. The lowest BCUT2D eigenvalue weighted by Gasteiger charge is -2.13. The van der Waals surface area contributed by atoms with Crippen molar-refractivity contribution < 1.29 is 9.66 Å². The number of rotatable bonds is 4. The molecule has 3 N–H and O–H groups in total. The van der Waals surface area contributed by atoms with Gasteiger partial charge in [0.15, 0.2) is 0 Å². The largest absolute Gasteiger partial charge is 0.495 e. The fourth-order valence-electron chi connectivity index (χ4n) is 1.88. The molecule has 0 radical (unpaired) electrons. The summed E-state index contributed by atoms with van der Waals surface area (Å²) in [4.78, 5) is 10.2. The van der Waals surface area contributed by atoms with E-state index in [1.807, 2.05) is 13.0 Å². The van der Waals surface area contributed by atoms with Crippen molar-refractivity contribution in [3.63, 3.8) is 0 Å². The first-order valence-electron chi connectivity index (χ1n) is 6.07. The molecule has 0 atom stereocenters. The van der Waals surface area contributed by atoms with E-state index in [0.29, 0.717) is 22.1 Å². The number of benzene rings is 2. The summed E-state index contributed by atoms with van der Waals surface area (Å²) in [6.45, 7) is 1.87. The summed E-state index contributed by atoms with van der Waals surface area (Å²) in [5.41, 5.74) is 7.84. The second-order valence-electron chi connectivity index (χ2n) is 4.46. The summed E-state index contributed by atoms with van der Waals surface area (Å²) in [6.07, 6.45) is 0. The molecule has 2 aromatic rings. The monoisotopic (exact) mass is 307 g/mol. The first-order valence-corrected chi connectivity index (χ1v) is 6.45. The van der Waals surface area contributed by atoms with Gasteiger partial charge in [-0.25, -0.2) is 0 Å². The molecule has 0 saturated heterocycles. The van der Waals surface area contributed by atoms with Crippen molar-refractivity contribution in [2.75, 3.05) is 18.2 Å². The minimum atomic E-state index is -0.522. The van der Waals surface area contributed by atoms with Gasteiger partial charge in [0.25, 0.3) is 5.69 Å². The highest BCUT2D eigenvalue weighted by atomic mass is 35.5. The molecule has 0 heterocycles. The first-order chi connectivity index (χ1) is 9.92. The van der Waals surface area contributed by atoms with E-state index in [2.05, 4.69) is 5.32 Å². The van der Waals surface area contributed by atoms with Gasteiger partial charge < -0.3 is 15.8 Å². The predicted molar refractivity (Wildman–Crippen MR) is 83.5 cm³/mol. The van der Waals surface area contributed by atoms with E-state index in [9.17, 15) is 10.1 Å². The van der Waals surface area contributed by atoms with Crippen LogP contribution >= 0.6 is 11.6 Å². The molecule has 0 aliphatic rings. The van der Waals surface area contributed by atoms with E-state index in [4.69, 9.17) is 22.1 Å². The van der Waals surface area contributed by atoms with Crippen molar-refractivity contribution in [3.05, 3.63) is 51.0 Å². The Labute approximate surface area is 126 Å². The van der Waals surface area contributed by atoms with Gasteiger partial charge in [-0.1, -0.05) is 11.6 Å². The van der Waals surface area contributed by atoms with E-state index >= 15 is 0 Å². The number of hydrogen-bond donors (Lipinski definition) is 2. The maximum Gasteiger partial charge on any atom is 0.292 e. The molecule has 2 aromatic carbocycles. The van der Waals surface area contributed by atoms with Crippen LogP contribution in [0.15, 0.2) is 30.3 Å². The number of anilines is 3. The zero-order chi connectivity index (χ0) is 15.6. The molecule has 0 fully saturated rings. The van der Waals surface area contributed by atoms with Gasteiger partial charge in [0, 0.05) is 22.8 Å². The van der Waals surface area contributed by atoms with Crippen LogP contribution < -0.4 is 15.8 Å². The van der Waals surface area contributed by atoms with Gasteiger partial charge in [-0.2, -0.15) is 0 Å². The number of nitrogens with one attached hydrogen (secondary N) is 1. The number of ether oxygens (including phenoxy) is 1. The van der Waals surface area contributed by atoms with Crippen LogP contribution in [-0.2, 0) is 0 Å². The second-order valence-corrected chi connectivity index (χ2v) is 4.86. The summed E-state index contributed by atoms with van der Waals surface area (Å²) in [7, 11) is 1.54. The van der Waals surface area contributed by atoms with Crippen LogP contribution in [0.25, 0.3) is 0 Å². The fraction of sp³-hybridized carbons (Fsp3) is 0.143. The molecule has 21 heavy (non-hydrogen) atoms. The van der Waals surface area contributed by atoms with Crippen molar-refractivity contribution in [3.8, 4) is 5.75 Å². The van der Waals surface area contributed by atoms with Crippen LogP contribution in [0.4, 0.5) is 22.7 Å². The van der Waals surface area contributed by atoms with Crippen LogP contribution in [0.2, 0.25) is 5.02 Å². The van der Waals surface area contributed by atoms with Crippen molar-refractivity contribution >= 4 is 34.4 Å². The minimum absolute atomic E-state index is 0.0923. The van der Waals surface area contributed by atoms with Crippen LogP contribution in [0, 0.1) is 17.0 Å². The number of aryl methyl sites for hydroxylation is 1. The normalized spacial score (nSPS) is 10.2. The third-order valence-corrected chi connectivity index (χ3v) is 3.39. The van der Waals surface area contributed by atoms with E-state index in [1.165, 1.54) is 19.2 Å². The third kappa shape index (κ3) is 3.17. The van der Waals surface area contributed by atoms with Gasteiger partial charge in [0.05, 0.1) is 17.7 Å². The second kappa shape index (κ2) is 5.88. The Morgan fingerprint density at radius 3 is 2.62 bits per heavy atom. The summed E-state index contributed by atoms with van der Waals surface area (Å²) < 4.78 is 5.26. The van der Waals surface area contributed by atoms with E-state index in [1.54, 1.807) is 12.1 Å². The van der Waals surface area contributed by atoms with Gasteiger partial charge in [-0.15, -0.1) is 0 Å². The molecule has 110 valence electrons. The van der Waals surface area contributed by atoms with Crippen molar-refractivity contribution in [2.45, 2.75) is 6.92 Å². The molecule has 0 aliphatic heterocycles. The molecule has 0 unspecified atom stereocenters. The lowest BCUT2D eigenvalue weighted by Crippen LogP contribution is -1.99. The molecule has 0 spiro atoms. The molecular formula is C14H14ClN3O3. The Morgan fingerprint density at radius 1 is 1.33 bits per heavy atom. The van der Waals surface area contributed by atoms with E-state index in [0.717, 1.165) is 5.56 Å². The summed E-state index contributed by atoms with van der Waals surface area (Å²) in [5.74, 6) is 0.572. The molecule has 2 rings (SSSR count). The first kappa shape index (κ1) is 14.9. The van der Waals surface area contributed by atoms with Crippen molar-refractivity contribution in [2.24, 2.45) is 0 Å². The van der Waals surface area contributed by atoms with Gasteiger partial charge in [0.1, 0.15) is 11.4 Å². The SMILES string of the molecule is COc1cc(Cl)c(C)cc1Nc1ccc([N+](=O)[O-])c(N)c1. The number of hydrogen-bond acceptors (Lipinski definition) is 5. The highest BCUT2D eigenvalue weighted by Crippen LogP contribution is 2.34. The van der Waals surface area contributed by atoms with Crippen LogP contribution in [0.3, 0.4) is 0 Å². The summed E-state index contributed by atoms with van der Waals surface area (Å²) >= 11 is 6.05. The predicted octanol–water partition coefficient (Wildman–Crippen LogP) is 3.89. The Bertz CT molecular complexity index is 704. The summed E-state index contributed by atoms with van der Waals surface area (Å²) in [5, 5.41) is 14.5. The van der Waals surface area contributed by atoms with Crippen LogP contribution in [0.1, 0.15) is 5.56 Å². The number of halogens is 1. The minimum Gasteiger partial charge on any atom is -0.495 e. The lowest BCUT2D eigenvalue weighted by atomic mass is 10.2. The topological polar surface area (TPSA) is 90.4 Å². The van der Waals surface area contributed by atoms with E-state index in [-0.39, 0.29) is 11.4 Å². The smallest absolute Gasteiger partial charge is 0.292 e. The maximum absolute atomic E-state index is 10.7. The number of nitrogens with zero attached hydrogens (tertiary/aromatic N) is 1. The average molecular weight is 308 g/mol. The molecule has 0 aromatic heterocycles. The molecule has 7 heteroatoms. The van der Waals surface area contributed by atoms with Gasteiger partial charge in [-0.05, 0) is 30.7 Å². The van der Waals surface area contributed by atoms with Gasteiger partial charge in [-0.3, -0.25) is 10.1 Å². The number of methoxy groups -OCH3 is 1. The Balaban J connectivity index is 2.36. The number of nitro groups is 1. The average Bonchev–Trinajstić information content (AvgIpc) is 2.42. The van der Waals surface area contributed by atoms with E-state index < -0.39 is 4.92 Å². The van der Waals surface area contributed by atoms with Gasteiger partial charge in [0.2, 0.25) is 0 Å². The highest BCUT2D eigenvalue weighted by Gasteiger charge is 2.12. The molecule has 0 bridgehead atoms. The Morgan fingerprint density at radius 2 is 2.05 bits per heavy atom. The quantitative estimate of drug-likeness (QED) is 0.508. The zero-order valence-electron chi connectivity index (χ0n) is 11.5. The van der Waals surface area contributed by atoms with Crippen molar-refractivity contribution in [1.29, 1.82) is 0 Å². The Hall–Kier alpha value is -2.47. The van der Waals surface area contributed by atoms with Gasteiger partial charge >= 0.3 is 0 Å². The maximum atomic E-state index is 10.7. The Kier molecular flexibility index (Phi) is 4.18. The number of nitrogen functional groups attached to an aromatic ring is 1. The highest BCUT2D eigenvalue weighted by molar-refractivity contribution is 6.31. The lowest BCUT2D eigenvalue weighted by molar-refractivity contribution is -0.383. The van der Waals surface area contributed by atoms with Crippen molar-refractivity contribution in [1.82, 2.24) is 0 Å². The fourth-order valence-corrected chi connectivity index (χ4v) is 2.04. The molecular weight excluding hydrogens is 294 g/mol. The molecule has 0 amide bonds. The van der Waals surface area contributed by atoms with Crippen LogP contribution in [-0.4, -0.2) is 12.0 Å². The molecule has 0 saturated carbocycles. The number of nitrogens with two attached hydrogens (primary N) is 1. The van der Waals surface area contributed by atoms with Crippen LogP contribution in [0.5, 0.6) is 5.75 Å². The molecule has 6 nitrogen and oxygen atoms in total. The third-order valence-electron chi connectivity index (χ3n) is 2.98. The summed E-state index contributed by atoms with van der Waals surface area (Å²) in [6, 6.07) is 7.97. The zero-order valence-corrected chi connectivity index (χ0v) is 12.3. The standard InChI is InChI=1S/C14H14ClN3O3/c1-8-5-12(14(21-2)7-10(8)15)17-9-3-4-13(18(19)20)11(16)6-9/h3-7,17H,16H2,1-2H3.